The molecular formula is C22H27N4+. The van der Waals surface area contributed by atoms with Crippen molar-refractivity contribution in [2.75, 3.05) is 0 Å². The first-order chi connectivity index (χ1) is 12.4. The summed E-state index contributed by atoms with van der Waals surface area (Å²) in [5, 5.41) is 0. The van der Waals surface area contributed by atoms with Gasteiger partial charge >= 0.3 is 0 Å². The lowest BCUT2D eigenvalue weighted by Gasteiger charge is -2.12. The zero-order chi connectivity index (χ0) is 18.8. The molecule has 0 bridgehead atoms. The summed E-state index contributed by atoms with van der Waals surface area (Å²) in [5.41, 5.74) is 4.64. The van der Waals surface area contributed by atoms with Crippen LogP contribution in [-0.4, -0.2) is 15.0 Å². The number of pyridine rings is 1. The van der Waals surface area contributed by atoms with Crippen molar-refractivity contribution in [1.29, 1.82) is 0 Å². The number of hydrogen-bond acceptors (Lipinski definition) is 3. The van der Waals surface area contributed by atoms with E-state index in [1.165, 1.54) is 11.1 Å². The molecule has 0 unspecified atom stereocenters. The molecule has 3 aromatic rings. The second kappa shape index (κ2) is 7.32. The van der Waals surface area contributed by atoms with Crippen LogP contribution in [0.1, 0.15) is 56.7 Å². The smallest absolute Gasteiger partial charge is 0.213 e. The van der Waals surface area contributed by atoms with Gasteiger partial charge in [-0.05, 0) is 18.6 Å². The van der Waals surface area contributed by atoms with Crippen LogP contribution >= 0.6 is 0 Å². The number of rotatable bonds is 4. The zero-order valence-corrected chi connectivity index (χ0v) is 16.5. The normalized spacial score (nSPS) is 11.4. The topological polar surface area (TPSA) is 42.6 Å². The van der Waals surface area contributed by atoms with Crippen LogP contribution in [0.15, 0.2) is 42.6 Å². The molecule has 0 saturated heterocycles. The molecule has 0 aliphatic carbocycles. The molecule has 0 radical (unpaired) electrons. The van der Waals surface area contributed by atoms with Crippen molar-refractivity contribution in [3.63, 3.8) is 0 Å². The van der Waals surface area contributed by atoms with Gasteiger partial charge in [-0.2, -0.15) is 0 Å². The summed E-state index contributed by atoms with van der Waals surface area (Å²) < 4.78 is 2.14. The molecule has 3 rings (SSSR count). The van der Waals surface area contributed by atoms with Gasteiger partial charge < -0.3 is 0 Å². The number of benzene rings is 1. The fourth-order valence-electron chi connectivity index (χ4n) is 2.89. The van der Waals surface area contributed by atoms with E-state index in [1.54, 1.807) is 0 Å². The molecule has 134 valence electrons. The molecule has 0 N–H and O–H groups in total. The van der Waals surface area contributed by atoms with Crippen molar-refractivity contribution in [1.82, 2.24) is 15.0 Å². The Hall–Kier alpha value is -2.62. The molecule has 2 aromatic heterocycles. The molecule has 1 aromatic carbocycles. The highest BCUT2D eigenvalue weighted by Gasteiger charge is 2.17. The first kappa shape index (κ1) is 18.2. The van der Waals surface area contributed by atoms with E-state index in [0.29, 0.717) is 0 Å². The van der Waals surface area contributed by atoms with Crippen molar-refractivity contribution in [2.45, 2.75) is 46.5 Å². The first-order valence-electron chi connectivity index (χ1n) is 9.18. The first-order valence-corrected chi connectivity index (χ1v) is 9.18. The van der Waals surface area contributed by atoms with Crippen LogP contribution in [0.4, 0.5) is 0 Å². The molecule has 0 fully saturated rings. The van der Waals surface area contributed by atoms with Gasteiger partial charge in [-0.3, -0.25) is 0 Å². The predicted octanol–water partition coefficient (Wildman–Crippen LogP) is 4.59. The van der Waals surface area contributed by atoms with Crippen LogP contribution in [0.5, 0.6) is 0 Å². The molecule has 0 aliphatic heterocycles. The fraction of sp³-hybridized carbons (Fsp3) is 0.364. The standard InChI is InChI=1S/C22H27N4/c1-14(2)20-23-21(15(3)4)25-22(24-20)17-11-12-26(6)19(13-17)18-10-8-7-9-16(18)5/h7-15H,1-6H3/q+1. The maximum atomic E-state index is 4.74. The minimum atomic E-state index is 0.268. The van der Waals surface area contributed by atoms with Gasteiger partial charge in [0.05, 0.1) is 0 Å². The van der Waals surface area contributed by atoms with E-state index in [2.05, 4.69) is 93.8 Å². The molecule has 0 aliphatic rings. The second-order valence-corrected chi connectivity index (χ2v) is 7.41. The number of hydrogen-bond donors (Lipinski definition) is 0. The number of aromatic nitrogens is 4. The average molecular weight is 347 g/mol. The maximum Gasteiger partial charge on any atom is 0.213 e. The fourth-order valence-corrected chi connectivity index (χ4v) is 2.89. The van der Waals surface area contributed by atoms with Gasteiger partial charge in [-0.15, -0.1) is 0 Å². The van der Waals surface area contributed by atoms with Gasteiger partial charge in [0.25, 0.3) is 0 Å². The van der Waals surface area contributed by atoms with Crippen molar-refractivity contribution in [2.24, 2.45) is 7.05 Å². The maximum absolute atomic E-state index is 4.74. The van der Waals surface area contributed by atoms with Crippen LogP contribution in [0, 0.1) is 6.92 Å². The Morgan fingerprint density at radius 1 is 0.846 bits per heavy atom. The SMILES string of the molecule is Cc1ccccc1-c1cc(-c2nc(C(C)C)nc(C(C)C)n2)cc[n+]1C. The zero-order valence-electron chi connectivity index (χ0n) is 16.5. The Bertz CT molecular complexity index is 903. The lowest BCUT2D eigenvalue weighted by molar-refractivity contribution is -0.660. The summed E-state index contributed by atoms with van der Waals surface area (Å²) in [6, 6.07) is 12.7. The van der Waals surface area contributed by atoms with E-state index in [0.717, 1.165) is 28.7 Å². The quantitative estimate of drug-likeness (QED) is 0.649. The summed E-state index contributed by atoms with van der Waals surface area (Å²) in [6.07, 6.45) is 2.07. The highest BCUT2D eigenvalue weighted by Crippen LogP contribution is 2.25. The lowest BCUT2D eigenvalue weighted by atomic mass is 10.0. The lowest BCUT2D eigenvalue weighted by Crippen LogP contribution is -2.30. The highest BCUT2D eigenvalue weighted by molar-refractivity contribution is 5.66. The molecule has 0 spiro atoms. The number of aryl methyl sites for hydroxylation is 2. The summed E-state index contributed by atoms with van der Waals surface area (Å²) in [7, 11) is 2.07. The molecule has 4 nitrogen and oxygen atoms in total. The molecular weight excluding hydrogens is 320 g/mol. The summed E-state index contributed by atoms with van der Waals surface area (Å²) >= 11 is 0. The average Bonchev–Trinajstić information content (AvgIpc) is 2.62. The summed E-state index contributed by atoms with van der Waals surface area (Å²) in [6.45, 7) is 10.6. The highest BCUT2D eigenvalue weighted by atomic mass is 15.0. The molecule has 2 heterocycles. The van der Waals surface area contributed by atoms with Gasteiger partial charge in [-0.25, -0.2) is 19.5 Å². The molecule has 26 heavy (non-hydrogen) atoms. The van der Waals surface area contributed by atoms with E-state index in [1.807, 2.05) is 0 Å². The molecule has 0 amide bonds. The van der Waals surface area contributed by atoms with Crippen LogP contribution in [0.2, 0.25) is 0 Å². The molecule has 0 saturated carbocycles. The van der Waals surface area contributed by atoms with E-state index >= 15 is 0 Å². The Morgan fingerprint density at radius 2 is 1.46 bits per heavy atom. The van der Waals surface area contributed by atoms with Gasteiger partial charge in [0.2, 0.25) is 5.69 Å². The van der Waals surface area contributed by atoms with E-state index in [4.69, 9.17) is 9.97 Å². The molecule has 0 atom stereocenters. The van der Waals surface area contributed by atoms with Crippen LogP contribution in [-0.2, 0) is 7.05 Å². The summed E-state index contributed by atoms with van der Waals surface area (Å²) in [5.74, 6) is 2.99. The third kappa shape index (κ3) is 3.64. The van der Waals surface area contributed by atoms with Crippen molar-refractivity contribution in [3.05, 3.63) is 59.8 Å². The Balaban J connectivity index is 2.16. The largest absolute Gasteiger partial charge is 0.217 e. The van der Waals surface area contributed by atoms with Crippen LogP contribution in [0.3, 0.4) is 0 Å². The van der Waals surface area contributed by atoms with E-state index in [-0.39, 0.29) is 11.8 Å². The van der Waals surface area contributed by atoms with Crippen molar-refractivity contribution in [3.8, 4) is 22.6 Å². The number of nitrogens with zero attached hydrogens (tertiary/aromatic N) is 4. The predicted molar refractivity (Wildman–Crippen MR) is 105 cm³/mol. The van der Waals surface area contributed by atoms with Crippen molar-refractivity contribution >= 4 is 0 Å². The van der Waals surface area contributed by atoms with E-state index in [9.17, 15) is 0 Å². The minimum Gasteiger partial charge on any atom is -0.217 e. The second-order valence-electron chi connectivity index (χ2n) is 7.41. The van der Waals surface area contributed by atoms with Gasteiger partial charge in [0, 0.05) is 35.1 Å². The Morgan fingerprint density at radius 3 is 2.04 bits per heavy atom. The Labute approximate surface area is 156 Å². The monoisotopic (exact) mass is 347 g/mol. The summed E-state index contributed by atoms with van der Waals surface area (Å²) in [4.78, 5) is 14.1. The third-order valence-electron chi connectivity index (χ3n) is 4.53. The van der Waals surface area contributed by atoms with Crippen LogP contribution < -0.4 is 4.57 Å². The third-order valence-corrected chi connectivity index (χ3v) is 4.53. The van der Waals surface area contributed by atoms with Gasteiger partial charge in [0.15, 0.2) is 12.0 Å². The minimum absolute atomic E-state index is 0.268. The Kier molecular flexibility index (Phi) is 5.12. The van der Waals surface area contributed by atoms with Crippen LogP contribution in [0.25, 0.3) is 22.6 Å². The van der Waals surface area contributed by atoms with E-state index < -0.39 is 0 Å². The van der Waals surface area contributed by atoms with Gasteiger partial charge in [-0.1, -0.05) is 45.9 Å². The molecule has 4 heteroatoms. The van der Waals surface area contributed by atoms with Gasteiger partial charge in [0.1, 0.15) is 18.7 Å². The van der Waals surface area contributed by atoms with Crippen molar-refractivity contribution < 1.29 is 4.57 Å².